The lowest BCUT2D eigenvalue weighted by Gasteiger charge is -2.37. The van der Waals surface area contributed by atoms with Crippen LogP contribution in [0.3, 0.4) is 0 Å². The first-order chi connectivity index (χ1) is 24.8. The number of benzene rings is 4. The van der Waals surface area contributed by atoms with Crippen molar-refractivity contribution in [2.75, 3.05) is 22.6 Å². The fourth-order valence-corrected chi connectivity index (χ4v) is 11.4. The molecule has 7 rings (SSSR count). The van der Waals surface area contributed by atoms with E-state index < -0.39 is 31.5 Å². The highest BCUT2D eigenvalue weighted by Crippen LogP contribution is 2.60. The summed E-state index contributed by atoms with van der Waals surface area (Å²) in [7, 11) is -3.02. The number of nitrogen functional groups attached to an aromatic ring is 1. The number of ether oxygens (including phenoxy) is 1. The summed E-state index contributed by atoms with van der Waals surface area (Å²) in [6, 6.07) is 27.3. The van der Waals surface area contributed by atoms with Crippen LogP contribution in [-0.4, -0.2) is 59.6 Å². The van der Waals surface area contributed by atoms with Crippen molar-refractivity contribution in [3.8, 4) is 0 Å². The molecule has 3 aliphatic rings. The van der Waals surface area contributed by atoms with Crippen molar-refractivity contribution in [2.24, 2.45) is 5.92 Å². The number of hydrogen-bond donors (Lipinski definition) is 4. The lowest BCUT2D eigenvalue weighted by atomic mass is 9.82. The SMILES string of the molecule is C[C@@H]1[C@@H]([Si](C)(C)O)[C@H](CC(=O)N2Cc3ccccc3C[C@H]2CO)O[C@@]12C(=O)N(Cc1ccc(NC(=O)c3ccc(N)cc3)cc1)c1ccc(Br)cc12. The standard InChI is InChI=1S/C40H43BrN4O6Si/c1-24-37(52(2,3)50)35(20-36(47)44-22-28-7-5-4-6-27(28)18-32(44)23-46)51-40(24)33-19-29(41)12-17-34(33)45(39(40)49)21-25-8-15-31(16-9-25)43-38(48)26-10-13-30(42)14-11-26/h4-17,19,24,32,35,37,46,50H,18,20-23,42H2,1-3H3,(H,43,48)/t24-,32+,35+,37-,40+/m1/s1. The van der Waals surface area contributed by atoms with E-state index in [9.17, 15) is 24.3 Å². The van der Waals surface area contributed by atoms with E-state index in [1.807, 2.05) is 74.6 Å². The fraction of sp³-hybridized carbons (Fsp3) is 0.325. The summed E-state index contributed by atoms with van der Waals surface area (Å²) in [5.41, 5.74) is 9.99. The zero-order valence-electron chi connectivity index (χ0n) is 29.4. The third-order valence-corrected chi connectivity index (χ3v) is 13.9. The van der Waals surface area contributed by atoms with Gasteiger partial charge in [0.05, 0.1) is 37.4 Å². The maximum Gasteiger partial charge on any atom is 0.264 e. The van der Waals surface area contributed by atoms with E-state index in [1.54, 1.807) is 46.2 Å². The molecule has 1 saturated heterocycles. The van der Waals surface area contributed by atoms with Gasteiger partial charge in [0.15, 0.2) is 13.9 Å². The van der Waals surface area contributed by atoms with Crippen LogP contribution in [0.4, 0.5) is 17.1 Å². The number of aliphatic hydroxyl groups is 1. The van der Waals surface area contributed by atoms with Crippen molar-refractivity contribution in [2.45, 2.75) is 69.2 Å². The summed E-state index contributed by atoms with van der Waals surface area (Å²) < 4.78 is 7.72. The number of hydrogen-bond acceptors (Lipinski definition) is 7. The highest BCUT2D eigenvalue weighted by molar-refractivity contribution is 9.10. The Kier molecular flexibility index (Phi) is 9.64. The first-order valence-electron chi connectivity index (χ1n) is 17.5. The van der Waals surface area contributed by atoms with E-state index in [2.05, 4.69) is 21.2 Å². The van der Waals surface area contributed by atoms with Gasteiger partial charge in [-0.05, 0) is 90.8 Å². The lowest BCUT2D eigenvalue weighted by molar-refractivity contribution is -0.151. The second kappa shape index (κ2) is 13.9. The van der Waals surface area contributed by atoms with Gasteiger partial charge < -0.3 is 35.5 Å². The molecule has 3 heterocycles. The summed E-state index contributed by atoms with van der Waals surface area (Å²) in [5.74, 6) is -1.12. The second-order valence-electron chi connectivity index (χ2n) is 14.7. The predicted octanol–water partition coefficient (Wildman–Crippen LogP) is 5.96. The molecule has 0 saturated carbocycles. The van der Waals surface area contributed by atoms with Gasteiger partial charge in [-0.1, -0.05) is 59.3 Å². The van der Waals surface area contributed by atoms with Gasteiger partial charge >= 0.3 is 0 Å². The van der Waals surface area contributed by atoms with Crippen LogP contribution in [0.15, 0.2) is 95.5 Å². The smallest absolute Gasteiger partial charge is 0.264 e. The van der Waals surface area contributed by atoms with Crippen LogP contribution in [0.5, 0.6) is 0 Å². The average molecular weight is 784 g/mol. The molecule has 0 aromatic heterocycles. The van der Waals surface area contributed by atoms with Crippen molar-refractivity contribution in [1.82, 2.24) is 4.90 Å². The van der Waals surface area contributed by atoms with E-state index in [0.29, 0.717) is 41.2 Å². The van der Waals surface area contributed by atoms with E-state index >= 15 is 0 Å². The Morgan fingerprint density at radius 1 is 1.02 bits per heavy atom. The number of amides is 3. The normalized spacial score (nSPS) is 23.8. The maximum absolute atomic E-state index is 14.9. The number of nitrogens with two attached hydrogens (primary N) is 1. The quantitative estimate of drug-likeness (QED) is 0.128. The van der Waals surface area contributed by atoms with Crippen LogP contribution < -0.4 is 16.0 Å². The maximum atomic E-state index is 14.9. The number of nitrogens with one attached hydrogen (secondary N) is 1. The molecule has 5 N–H and O–H groups in total. The van der Waals surface area contributed by atoms with Crippen LogP contribution in [0.1, 0.15) is 46.0 Å². The van der Waals surface area contributed by atoms with Gasteiger partial charge in [0.1, 0.15) is 0 Å². The molecule has 0 bridgehead atoms. The molecule has 10 nitrogen and oxygen atoms in total. The number of rotatable bonds is 8. The van der Waals surface area contributed by atoms with Crippen molar-refractivity contribution in [3.05, 3.63) is 123 Å². The number of fused-ring (bicyclic) bond motifs is 3. The number of carbonyl (C=O) groups excluding carboxylic acids is 3. The molecule has 0 unspecified atom stereocenters. The third-order valence-electron chi connectivity index (χ3n) is 10.9. The fourth-order valence-electron chi connectivity index (χ4n) is 8.45. The Labute approximate surface area is 312 Å². The minimum absolute atomic E-state index is 0.0213. The van der Waals surface area contributed by atoms with E-state index in [4.69, 9.17) is 10.5 Å². The van der Waals surface area contributed by atoms with E-state index in [-0.39, 0.29) is 43.3 Å². The third kappa shape index (κ3) is 6.47. The van der Waals surface area contributed by atoms with Gasteiger partial charge in [-0.15, -0.1) is 0 Å². The molecule has 3 aliphatic heterocycles. The summed E-state index contributed by atoms with van der Waals surface area (Å²) in [6.45, 7) is 6.10. The Bertz CT molecular complexity index is 2020. The molecule has 0 radical (unpaired) electrons. The van der Waals surface area contributed by atoms with E-state index in [1.165, 1.54) is 0 Å². The second-order valence-corrected chi connectivity index (χ2v) is 19.6. The minimum atomic E-state index is -3.02. The topological polar surface area (TPSA) is 145 Å². The number of halogens is 1. The first-order valence-corrected chi connectivity index (χ1v) is 21.4. The van der Waals surface area contributed by atoms with Gasteiger partial charge in [-0.25, -0.2) is 0 Å². The monoisotopic (exact) mass is 782 g/mol. The van der Waals surface area contributed by atoms with Crippen LogP contribution in [0, 0.1) is 5.92 Å². The zero-order chi connectivity index (χ0) is 36.9. The summed E-state index contributed by atoms with van der Waals surface area (Å²) in [5, 5.41) is 13.2. The molecule has 3 amide bonds. The van der Waals surface area contributed by atoms with Gasteiger partial charge in [0, 0.05) is 45.0 Å². The van der Waals surface area contributed by atoms with Crippen LogP contribution in [0.25, 0.3) is 0 Å². The number of aliphatic hydroxyl groups excluding tert-OH is 1. The zero-order valence-corrected chi connectivity index (χ0v) is 32.0. The minimum Gasteiger partial charge on any atom is -0.432 e. The largest absolute Gasteiger partial charge is 0.432 e. The predicted molar refractivity (Wildman–Crippen MR) is 206 cm³/mol. The Hall–Kier alpha value is -4.33. The van der Waals surface area contributed by atoms with Gasteiger partial charge in [-0.3, -0.25) is 14.4 Å². The van der Waals surface area contributed by atoms with Crippen molar-refractivity contribution < 1.29 is 29.0 Å². The number of anilines is 3. The van der Waals surface area contributed by atoms with Crippen molar-refractivity contribution in [1.29, 1.82) is 0 Å². The van der Waals surface area contributed by atoms with Gasteiger partial charge in [0.2, 0.25) is 5.91 Å². The van der Waals surface area contributed by atoms with Crippen LogP contribution in [0.2, 0.25) is 18.6 Å². The molecule has 4 aromatic rings. The Balaban J connectivity index is 1.15. The molecule has 5 atom stereocenters. The molecule has 12 heteroatoms. The Morgan fingerprint density at radius 2 is 1.71 bits per heavy atom. The molecular weight excluding hydrogens is 740 g/mol. The molecule has 4 aromatic carbocycles. The highest BCUT2D eigenvalue weighted by Gasteiger charge is 2.66. The van der Waals surface area contributed by atoms with Crippen LogP contribution >= 0.6 is 15.9 Å². The summed E-state index contributed by atoms with van der Waals surface area (Å²) in [6.07, 6.45) is -0.184. The van der Waals surface area contributed by atoms with Gasteiger partial charge in [0.25, 0.3) is 11.8 Å². The first kappa shape index (κ1) is 36.0. The molecule has 1 fully saturated rings. The molecule has 52 heavy (non-hydrogen) atoms. The molecule has 0 aliphatic carbocycles. The molecule has 1 spiro atoms. The molecule has 270 valence electrons. The molecular formula is C40H43BrN4O6Si. The van der Waals surface area contributed by atoms with E-state index in [0.717, 1.165) is 21.2 Å². The summed E-state index contributed by atoms with van der Waals surface area (Å²) in [4.78, 5) is 56.9. The lowest BCUT2D eigenvalue weighted by Crippen LogP contribution is -2.48. The summed E-state index contributed by atoms with van der Waals surface area (Å²) >= 11 is 3.61. The van der Waals surface area contributed by atoms with Crippen molar-refractivity contribution in [3.63, 3.8) is 0 Å². The van der Waals surface area contributed by atoms with Crippen molar-refractivity contribution >= 4 is 59.0 Å². The Morgan fingerprint density at radius 3 is 2.38 bits per heavy atom. The number of carbonyl (C=O) groups is 3. The van der Waals surface area contributed by atoms with Crippen LogP contribution in [-0.2, 0) is 39.4 Å². The highest BCUT2D eigenvalue weighted by atomic mass is 79.9. The average Bonchev–Trinajstić information content (AvgIpc) is 3.54. The number of nitrogens with zero attached hydrogens (tertiary/aromatic N) is 2. The van der Waals surface area contributed by atoms with Gasteiger partial charge in [-0.2, -0.15) is 0 Å².